The molecule has 2 aromatic carbocycles. The van der Waals surface area contributed by atoms with Crippen LogP contribution in [0.4, 0.5) is 0 Å². The molecule has 0 spiro atoms. The number of methoxy groups -OCH3 is 1. The minimum atomic E-state index is 0.213. The lowest BCUT2D eigenvalue weighted by Gasteiger charge is -2.17. The maximum atomic E-state index is 9.21. The molecule has 1 aliphatic rings. The summed E-state index contributed by atoms with van der Waals surface area (Å²) in [5, 5.41) is 9.21. The van der Waals surface area contributed by atoms with Crippen molar-refractivity contribution in [2.75, 3.05) is 13.7 Å². The van der Waals surface area contributed by atoms with Crippen LogP contribution in [0, 0.1) is 0 Å². The maximum Gasteiger partial charge on any atom is 0.119 e. The highest BCUT2D eigenvalue weighted by molar-refractivity contribution is 9.15. The Hall–Kier alpha value is -1.58. The van der Waals surface area contributed by atoms with E-state index in [1.54, 1.807) is 7.11 Å². The van der Waals surface area contributed by atoms with Gasteiger partial charge in [-0.25, -0.2) is 0 Å². The molecule has 0 heterocycles. The van der Waals surface area contributed by atoms with Gasteiger partial charge in [0.2, 0.25) is 0 Å². The van der Waals surface area contributed by atoms with Crippen LogP contribution in [0.5, 0.6) is 5.75 Å². The van der Waals surface area contributed by atoms with Gasteiger partial charge in [0.05, 0.1) is 7.11 Å². The Morgan fingerprint density at radius 2 is 1.91 bits per heavy atom. The SMILES string of the molecule is COc1ccc2c(c1)C(Br)=C(CCCO)[C@H]2c1ccccc1. The molecule has 1 N–H and O–H groups in total. The Morgan fingerprint density at radius 1 is 1.14 bits per heavy atom. The number of fused-ring (bicyclic) bond motifs is 1. The van der Waals surface area contributed by atoms with Crippen molar-refractivity contribution < 1.29 is 9.84 Å². The summed E-state index contributed by atoms with van der Waals surface area (Å²) in [6.45, 7) is 0.213. The van der Waals surface area contributed by atoms with Crippen molar-refractivity contribution in [3.63, 3.8) is 0 Å². The van der Waals surface area contributed by atoms with Gasteiger partial charge in [0.15, 0.2) is 0 Å². The van der Waals surface area contributed by atoms with E-state index < -0.39 is 0 Å². The molecule has 2 aromatic rings. The van der Waals surface area contributed by atoms with E-state index in [0.717, 1.165) is 23.1 Å². The molecular weight excluding hydrogens is 340 g/mol. The normalized spacial score (nSPS) is 16.8. The predicted octanol–water partition coefficient (Wildman–Crippen LogP) is 4.72. The molecule has 22 heavy (non-hydrogen) atoms. The van der Waals surface area contributed by atoms with Gasteiger partial charge in [-0.3, -0.25) is 0 Å². The van der Waals surface area contributed by atoms with Crippen LogP contribution in [0.15, 0.2) is 54.1 Å². The van der Waals surface area contributed by atoms with Crippen molar-refractivity contribution in [1.82, 2.24) is 0 Å². The van der Waals surface area contributed by atoms with Crippen LogP contribution in [0.25, 0.3) is 4.48 Å². The van der Waals surface area contributed by atoms with E-state index in [0.29, 0.717) is 0 Å². The fourth-order valence-corrected chi connectivity index (χ4v) is 3.91. The minimum Gasteiger partial charge on any atom is -0.497 e. The molecular formula is C19H19BrO2. The van der Waals surface area contributed by atoms with E-state index in [4.69, 9.17) is 4.74 Å². The van der Waals surface area contributed by atoms with Gasteiger partial charge in [0.25, 0.3) is 0 Å². The van der Waals surface area contributed by atoms with Crippen molar-refractivity contribution in [3.05, 3.63) is 70.8 Å². The number of aliphatic hydroxyl groups is 1. The van der Waals surface area contributed by atoms with Crippen LogP contribution in [0.2, 0.25) is 0 Å². The van der Waals surface area contributed by atoms with E-state index in [2.05, 4.69) is 52.3 Å². The van der Waals surface area contributed by atoms with Gasteiger partial charge in [-0.15, -0.1) is 0 Å². The zero-order valence-corrected chi connectivity index (χ0v) is 14.1. The molecule has 0 saturated carbocycles. The monoisotopic (exact) mass is 358 g/mol. The molecule has 0 amide bonds. The highest BCUT2D eigenvalue weighted by Gasteiger charge is 2.31. The Balaban J connectivity index is 2.11. The van der Waals surface area contributed by atoms with E-state index in [1.807, 2.05) is 12.1 Å². The number of benzene rings is 2. The first-order valence-corrected chi connectivity index (χ1v) is 8.28. The molecule has 0 radical (unpaired) electrons. The van der Waals surface area contributed by atoms with Gasteiger partial charge in [-0.2, -0.15) is 0 Å². The summed E-state index contributed by atoms with van der Waals surface area (Å²) in [6.07, 6.45) is 1.66. The molecule has 0 fully saturated rings. The van der Waals surface area contributed by atoms with E-state index in [-0.39, 0.29) is 12.5 Å². The van der Waals surface area contributed by atoms with Crippen LogP contribution in [0.1, 0.15) is 35.4 Å². The number of hydrogen-bond donors (Lipinski definition) is 1. The average molecular weight is 359 g/mol. The van der Waals surface area contributed by atoms with Gasteiger partial charge < -0.3 is 9.84 Å². The zero-order chi connectivity index (χ0) is 15.5. The van der Waals surface area contributed by atoms with Crippen LogP contribution < -0.4 is 4.74 Å². The standard InChI is InChI=1S/C19H19BrO2/c1-22-14-9-10-15-17(12-14)19(20)16(8-5-11-21)18(15)13-6-3-2-4-7-13/h2-4,6-7,9-10,12,18,21H,5,8,11H2,1H3/t18-/m0/s1. The molecule has 3 heteroatoms. The van der Waals surface area contributed by atoms with Gasteiger partial charge >= 0.3 is 0 Å². The molecule has 1 aliphatic carbocycles. The summed E-state index contributed by atoms with van der Waals surface area (Å²) < 4.78 is 6.50. The summed E-state index contributed by atoms with van der Waals surface area (Å²) in [4.78, 5) is 0. The predicted molar refractivity (Wildman–Crippen MR) is 93.4 cm³/mol. The van der Waals surface area contributed by atoms with Gasteiger partial charge in [0, 0.05) is 17.0 Å². The first-order valence-electron chi connectivity index (χ1n) is 7.49. The second-order valence-corrected chi connectivity index (χ2v) is 6.26. The van der Waals surface area contributed by atoms with Crippen LogP contribution in [-0.2, 0) is 0 Å². The number of allylic oxidation sites excluding steroid dienone is 1. The van der Waals surface area contributed by atoms with Gasteiger partial charge in [-0.1, -0.05) is 52.3 Å². The van der Waals surface area contributed by atoms with E-state index in [9.17, 15) is 5.11 Å². The smallest absolute Gasteiger partial charge is 0.119 e. The quantitative estimate of drug-likeness (QED) is 0.837. The van der Waals surface area contributed by atoms with Crippen molar-refractivity contribution in [3.8, 4) is 5.75 Å². The Labute approximate surface area is 139 Å². The maximum absolute atomic E-state index is 9.21. The molecule has 3 rings (SSSR count). The topological polar surface area (TPSA) is 29.5 Å². The van der Waals surface area contributed by atoms with Crippen molar-refractivity contribution in [2.45, 2.75) is 18.8 Å². The first kappa shape index (κ1) is 15.3. The first-order chi connectivity index (χ1) is 10.8. The molecule has 0 saturated heterocycles. The second-order valence-electron chi connectivity index (χ2n) is 5.46. The Bertz CT molecular complexity index is 692. The number of rotatable bonds is 5. The van der Waals surface area contributed by atoms with Crippen molar-refractivity contribution in [1.29, 1.82) is 0 Å². The van der Waals surface area contributed by atoms with Gasteiger partial charge in [-0.05, 0) is 47.2 Å². The fraction of sp³-hybridized carbons (Fsp3) is 0.263. The Morgan fingerprint density at radius 3 is 2.59 bits per heavy atom. The minimum absolute atomic E-state index is 0.213. The van der Waals surface area contributed by atoms with Crippen LogP contribution in [-0.4, -0.2) is 18.8 Å². The highest BCUT2D eigenvalue weighted by atomic mass is 79.9. The summed E-state index contributed by atoms with van der Waals surface area (Å²) in [5.41, 5.74) is 5.12. The molecule has 114 valence electrons. The van der Waals surface area contributed by atoms with E-state index in [1.165, 1.54) is 22.3 Å². The molecule has 2 nitrogen and oxygen atoms in total. The van der Waals surface area contributed by atoms with Crippen molar-refractivity contribution >= 4 is 20.4 Å². The lowest BCUT2D eigenvalue weighted by atomic mass is 9.87. The lowest BCUT2D eigenvalue weighted by Crippen LogP contribution is -2.02. The number of hydrogen-bond acceptors (Lipinski definition) is 2. The number of halogens is 1. The van der Waals surface area contributed by atoms with Crippen molar-refractivity contribution in [2.24, 2.45) is 0 Å². The third kappa shape index (κ3) is 2.71. The number of ether oxygens (including phenoxy) is 1. The molecule has 0 unspecified atom stereocenters. The van der Waals surface area contributed by atoms with Crippen LogP contribution >= 0.6 is 15.9 Å². The molecule has 0 aromatic heterocycles. The largest absolute Gasteiger partial charge is 0.497 e. The summed E-state index contributed by atoms with van der Waals surface area (Å²) in [6, 6.07) is 16.8. The average Bonchev–Trinajstić information content (AvgIpc) is 2.85. The third-order valence-electron chi connectivity index (χ3n) is 4.18. The molecule has 0 aliphatic heterocycles. The summed E-state index contributed by atoms with van der Waals surface area (Å²) in [7, 11) is 1.69. The number of aliphatic hydroxyl groups excluding tert-OH is 1. The van der Waals surface area contributed by atoms with E-state index >= 15 is 0 Å². The second kappa shape index (κ2) is 6.67. The summed E-state index contributed by atoms with van der Waals surface area (Å²) >= 11 is 3.78. The molecule has 0 bridgehead atoms. The molecule has 1 atom stereocenters. The summed E-state index contributed by atoms with van der Waals surface area (Å²) in [5.74, 6) is 1.12. The highest BCUT2D eigenvalue weighted by Crippen LogP contribution is 2.50. The third-order valence-corrected chi connectivity index (χ3v) is 5.11. The van der Waals surface area contributed by atoms with Crippen LogP contribution in [0.3, 0.4) is 0 Å². The lowest BCUT2D eigenvalue weighted by molar-refractivity contribution is 0.288. The zero-order valence-electron chi connectivity index (χ0n) is 12.6. The fourth-order valence-electron chi connectivity index (χ4n) is 3.14. The Kier molecular flexibility index (Phi) is 4.65. The van der Waals surface area contributed by atoms with Gasteiger partial charge in [0.1, 0.15) is 5.75 Å².